The average Bonchev–Trinajstić information content (AvgIpc) is 3.23. The minimum absolute atomic E-state index is 0.0274. The number of aromatic nitrogens is 2. The van der Waals surface area contributed by atoms with E-state index in [1.54, 1.807) is 22.7 Å². The van der Waals surface area contributed by atoms with Crippen LogP contribution in [0.15, 0.2) is 38.0 Å². The lowest BCUT2D eigenvalue weighted by atomic mass is 10.3. The van der Waals surface area contributed by atoms with Crippen molar-refractivity contribution in [1.29, 1.82) is 0 Å². The molecule has 22 heavy (non-hydrogen) atoms. The highest BCUT2D eigenvalue weighted by atomic mass is 79.9. The normalized spacial score (nSPS) is 10.8. The zero-order valence-electron chi connectivity index (χ0n) is 11.4. The molecule has 1 N–H and O–H groups in total. The Hall–Kier alpha value is -1.51. The van der Waals surface area contributed by atoms with E-state index in [-0.39, 0.29) is 5.91 Å². The summed E-state index contributed by atoms with van der Waals surface area (Å²) in [5.74, 6) is 1.03. The molecule has 3 aromatic heterocycles. The summed E-state index contributed by atoms with van der Waals surface area (Å²) in [4.78, 5) is 18.2. The minimum Gasteiger partial charge on any atom is -0.351 e. The quantitative estimate of drug-likeness (QED) is 0.685. The third-order valence-corrected chi connectivity index (χ3v) is 5.35. The van der Waals surface area contributed by atoms with Crippen molar-refractivity contribution in [3.8, 4) is 10.7 Å². The van der Waals surface area contributed by atoms with Crippen molar-refractivity contribution in [2.24, 2.45) is 0 Å². The van der Waals surface area contributed by atoms with Gasteiger partial charge < -0.3 is 9.84 Å². The highest BCUT2D eigenvalue weighted by molar-refractivity contribution is 9.11. The van der Waals surface area contributed by atoms with E-state index >= 15 is 0 Å². The smallest absolute Gasteiger partial charge is 0.227 e. The zero-order valence-corrected chi connectivity index (χ0v) is 14.6. The molecule has 3 rings (SSSR count). The molecule has 1 amide bonds. The number of nitrogens with one attached hydrogen (secondary N) is 1. The molecule has 0 aliphatic heterocycles. The van der Waals surface area contributed by atoms with Crippen molar-refractivity contribution in [1.82, 2.24) is 15.5 Å². The Morgan fingerprint density at radius 3 is 3.00 bits per heavy atom. The first kappa shape index (κ1) is 15.4. The summed E-state index contributed by atoms with van der Waals surface area (Å²) in [7, 11) is 0. The molecule has 8 heteroatoms. The second kappa shape index (κ2) is 7.17. The van der Waals surface area contributed by atoms with E-state index < -0.39 is 0 Å². The monoisotopic (exact) mass is 397 g/mol. The Labute approximate surface area is 143 Å². The van der Waals surface area contributed by atoms with E-state index in [4.69, 9.17) is 4.52 Å². The topological polar surface area (TPSA) is 68.0 Å². The minimum atomic E-state index is -0.0274. The Morgan fingerprint density at radius 2 is 2.27 bits per heavy atom. The van der Waals surface area contributed by atoms with Gasteiger partial charge in [0.05, 0.1) is 15.2 Å². The largest absolute Gasteiger partial charge is 0.351 e. The van der Waals surface area contributed by atoms with Crippen molar-refractivity contribution in [3.05, 3.63) is 44.2 Å². The third kappa shape index (κ3) is 4.02. The van der Waals surface area contributed by atoms with Gasteiger partial charge in [0.1, 0.15) is 0 Å². The maximum atomic E-state index is 11.8. The van der Waals surface area contributed by atoms with Crippen molar-refractivity contribution in [3.63, 3.8) is 0 Å². The van der Waals surface area contributed by atoms with Gasteiger partial charge in [-0.15, -0.1) is 22.7 Å². The van der Waals surface area contributed by atoms with E-state index in [0.29, 0.717) is 31.1 Å². The van der Waals surface area contributed by atoms with Gasteiger partial charge >= 0.3 is 0 Å². The lowest BCUT2D eigenvalue weighted by Crippen LogP contribution is -2.22. The van der Waals surface area contributed by atoms with Crippen molar-refractivity contribution in [2.75, 3.05) is 0 Å². The van der Waals surface area contributed by atoms with Crippen LogP contribution in [0.3, 0.4) is 0 Å². The number of halogens is 1. The standard InChI is InChI=1S/C14H12BrN3O2S2/c15-11-4-3-9(22-11)8-16-12(19)5-6-13-17-14(18-20-13)10-2-1-7-21-10/h1-4,7H,5-6,8H2,(H,16,19). The van der Waals surface area contributed by atoms with Gasteiger partial charge in [0.15, 0.2) is 0 Å². The van der Waals surface area contributed by atoms with Crippen molar-refractivity contribution in [2.45, 2.75) is 19.4 Å². The van der Waals surface area contributed by atoms with Crippen LogP contribution in [-0.4, -0.2) is 16.0 Å². The second-order valence-electron chi connectivity index (χ2n) is 4.47. The molecular weight excluding hydrogens is 386 g/mol. The molecule has 0 aliphatic carbocycles. The summed E-state index contributed by atoms with van der Waals surface area (Å²) in [5.41, 5.74) is 0. The summed E-state index contributed by atoms with van der Waals surface area (Å²) in [6, 6.07) is 7.83. The molecule has 3 aromatic rings. The van der Waals surface area contributed by atoms with E-state index in [2.05, 4.69) is 31.4 Å². The number of carbonyl (C=O) groups excluding carboxylic acids is 1. The van der Waals surface area contributed by atoms with Gasteiger partial charge in [0, 0.05) is 17.7 Å². The number of amides is 1. The van der Waals surface area contributed by atoms with Gasteiger partial charge in [-0.25, -0.2) is 0 Å². The molecule has 0 unspecified atom stereocenters. The van der Waals surface area contributed by atoms with Crippen LogP contribution in [0.4, 0.5) is 0 Å². The lowest BCUT2D eigenvalue weighted by molar-refractivity contribution is -0.121. The van der Waals surface area contributed by atoms with E-state index in [9.17, 15) is 4.79 Å². The Bertz CT molecular complexity index is 752. The average molecular weight is 398 g/mol. The van der Waals surface area contributed by atoms with Crippen LogP contribution in [0.25, 0.3) is 10.7 Å². The fourth-order valence-corrected chi connectivity index (χ4v) is 3.88. The van der Waals surface area contributed by atoms with Crippen LogP contribution in [0, 0.1) is 0 Å². The fraction of sp³-hybridized carbons (Fsp3) is 0.214. The number of rotatable bonds is 6. The second-order valence-corrected chi connectivity index (χ2v) is 7.97. The molecule has 3 heterocycles. The summed E-state index contributed by atoms with van der Waals surface area (Å²) in [6.45, 7) is 0.541. The molecule has 0 saturated heterocycles. The van der Waals surface area contributed by atoms with Gasteiger partial charge in [-0.3, -0.25) is 4.79 Å². The molecular formula is C14H12BrN3O2S2. The number of thiophene rings is 2. The molecule has 0 bridgehead atoms. The molecule has 0 aliphatic rings. The van der Waals surface area contributed by atoms with Gasteiger partial charge in [-0.1, -0.05) is 11.2 Å². The number of hydrogen-bond donors (Lipinski definition) is 1. The highest BCUT2D eigenvalue weighted by Gasteiger charge is 2.11. The van der Waals surface area contributed by atoms with Gasteiger partial charge in [-0.05, 0) is 39.5 Å². The summed E-state index contributed by atoms with van der Waals surface area (Å²) < 4.78 is 6.23. The van der Waals surface area contributed by atoms with Crippen LogP contribution >= 0.6 is 38.6 Å². The summed E-state index contributed by atoms with van der Waals surface area (Å²) >= 11 is 6.56. The van der Waals surface area contributed by atoms with Crippen LogP contribution < -0.4 is 5.32 Å². The number of aryl methyl sites for hydroxylation is 1. The van der Waals surface area contributed by atoms with E-state index in [0.717, 1.165) is 13.5 Å². The fourth-order valence-electron chi connectivity index (χ4n) is 1.80. The zero-order chi connectivity index (χ0) is 15.4. The first-order valence-electron chi connectivity index (χ1n) is 6.58. The summed E-state index contributed by atoms with van der Waals surface area (Å²) in [5, 5.41) is 8.76. The van der Waals surface area contributed by atoms with Gasteiger partial charge in [0.2, 0.25) is 17.6 Å². The SMILES string of the molecule is O=C(CCc1nc(-c2cccs2)no1)NCc1ccc(Br)s1. The number of hydrogen-bond acceptors (Lipinski definition) is 6. The van der Waals surface area contributed by atoms with Crippen molar-refractivity contribution < 1.29 is 9.32 Å². The first-order valence-corrected chi connectivity index (χ1v) is 9.07. The van der Waals surface area contributed by atoms with Crippen molar-refractivity contribution >= 4 is 44.5 Å². The highest BCUT2D eigenvalue weighted by Crippen LogP contribution is 2.22. The molecule has 0 atom stereocenters. The summed E-state index contributed by atoms with van der Waals surface area (Å²) in [6.07, 6.45) is 0.775. The number of carbonyl (C=O) groups is 1. The molecule has 0 radical (unpaired) electrons. The van der Waals surface area contributed by atoms with Crippen LogP contribution in [0.1, 0.15) is 17.2 Å². The van der Waals surface area contributed by atoms with Gasteiger partial charge in [0.25, 0.3) is 0 Å². The van der Waals surface area contributed by atoms with E-state index in [1.807, 2.05) is 29.6 Å². The first-order chi connectivity index (χ1) is 10.7. The predicted molar refractivity (Wildman–Crippen MR) is 89.8 cm³/mol. The van der Waals surface area contributed by atoms with Crippen LogP contribution in [0.5, 0.6) is 0 Å². The number of nitrogens with zero attached hydrogens (tertiary/aromatic N) is 2. The van der Waals surface area contributed by atoms with Crippen LogP contribution in [-0.2, 0) is 17.8 Å². The Kier molecular flexibility index (Phi) is 5.01. The lowest BCUT2D eigenvalue weighted by Gasteiger charge is -2.01. The Morgan fingerprint density at radius 1 is 1.36 bits per heavy atom. The maximum absolute atomic E-state index is 11.8. The molecule has 0 fully saturated rings. The van der Waals surface area contributed by atoms with Crippen LogP contribution in [0.2, 0.25) is 0 Å². The van der Waals surface area contributed by atoms with E-state index in [1.165, 1.54) is 0 Å². The van der Waals surface area contributed by atoms with Gasteiger partial charge in [-0.2, -0.15) is 4.98 Å². The molecule has 0 aromatic carbocycles. The third-order valence-electron chi connectivity index (χ3n) is 2.86. The predicted octanol–water partition coefficient (Wildman–Crippen LogP) is 3.87. The maximum Gasteiger partial charge on any atom is 0.227 e. The molecule has 5 nitrogen and oxygen atoms in total. The molecule has 0 saturated carbocycles. The molecule has 0 spiro atoms. The Balaban J connectivity index is 1.47. The molecule has 114 valence electrons.